The minimum Gasteiger partial charge on any atom is -0.483 e. The largest absolute Gasteiger partial charge is 0.483 e. The normalized spacial score (nSPS) is 11.3. The van der Waals surface area contributed by atoms with Crippen LogP contribution in [0.1, 0.15) is 11.1 Å². The van der Waals surface area contributed by atoms with Crippen molar-refractivity contribution in [2.24, 2.45) is 0 Å². The molecule has 0 aromatic heterocycles. The summed E-state index contributed by atoms with van der Waals surface area (Å²) in [5, 5.41) is 11.3. The van der Waals surface area contributed by atoms with E-state index in [1.54, 1.807) is 6.07 Å². The second-order valence-corrected chi connectivity index (χ2v) is 5.18. The van der Waals surface area contributed by atoms with E-state index in [4.69, 9.17) is 5.26 Å². The lowest BCUT2D eigenvalue weighted by Gasteiger charge is -2.11. The van der Waals surface area contributed by atoms with Crippen molar-refractivity contribution in [1.29, 1.82) is 5.26 Å². The molecule has 0 atom stereocenters. The van der Waals surface area contributed by atoms with Crippen molar-refractivity contribution in [2.45, 2.75) is 6.18 Å². The van der Waals surface area contributed by atoms with Gasteiger partial charge >= 0.3 is 6.18 Å². The third-order valence-electron chi connectivity index (χ3n) is 3.16. The van der Waals surface area contributed by atoms with Crippen molar-refractivity contribution >= 4 is 17.7 Å². The molecule has 0 aliphatic carbocycles. The second-order valence-electron chi connectivity index (χ2n) is 5.18. The Morgan fingerprint density at radius 3 is 2.44 bits per heavy atom. The molecule has 0 aliphatic rings. The van der Waals surface area contributed by atoms with E-state index in [1.165, 1.54) is 12.1 Å². The fourth-order valence-corrected chi connectivity index (χ4v) is 1.99. The fourth-order valence-electron chi connectivity index (χ4n) is 1.99. The Bertz CT molecular complexity index is 897. The van der Waals surface area contributed by atoms with Gasteiger partial charge in [-0.15, -0.1) is 0 Å². The number of halogens is 5. The third-order valence-corrected chi connectivity index (χ3v) is 3.16. The van der Waals surface area contributed by atoms with Crippen molar-refractivity contribution in [3.8, 4) is 11.8 Å². The van der Waals surface area contributed by atoms with Crippen LogP contribution in [0.3, 0.4) is 0 Å². The van der Waals surface area contributed by atoms with E-state index in [2.05, 4.69) is 10.1 Å². The van der Waals surface area contributed by atoms with Crippen LogP contribution < -0.4 is 10.1 Å². The highest BCUT2D eigenvalue weighted by Crippen LogP contribution is 2.25. The van der Waals surface area contributed by atoms with Crippen LogP contribution in [0.15, 0.2) is 42.5 Å². The van der Waals surface area contributed by atoms with E-state index in [1.807, 2.05) is 0 Å². The number of carbonyl (C=O) groups is 1. The van der Waals surface area contributed by atoms with Crippen molar-refractivity contribution in [3.63, 3.8) is 0 Å². The summed E-state index contributed by atoms with van der Waals surface area (Å²) in [6.45, 7) is -1.57. The first-order valence-electron chi connectivity index (χ1n) is 7.36. The van der Waals surface area contributed by atoms with Gasteiger partial charge in [0.25, 0.3) is 0 Å². The molecule has 140 valence electrons. The van der Waals surface area contributed by atoms with Crippen LogP contribution in [0.4, 0.5) is 27.6 Å². The van der Waals surface area contributed by atoms with Gasteiger partial charge < -0.3 is 10.1 Å². The fraction of sp³-hybridized carbons (Fsp3) is 0.111. The van der Waals surface area contributed by atoms with E-state index >= 15 is 0 Å². The summed E-state index contributed by atoms with van der Waals surface area (Å²) in [5.41, 5.74) is -0.531. The van der Waals surface area contributed by atoms with Crippen molar-refractivity contribution in [3.05, 3.63) is 65.2 Å². The predicted octanol–water partition coefficient (Wildman–Crippen LogP) is 4.43. The first-order chi connectivity index (χ1) is 12.7. The van der Waals surface area contributed by atoms with Gasteiger partial charge in [-0.1, -0.05) is 6.07 Å². The van der Waals surface area contributed by atoms with Crippen LogP contribution in [0, 0.1) is 23.0 Å². The van der Waals surface area contributed by atoms with Gasteiger partial charge in [0.1, 0.15) is 23.5 Å². The zero-order valence-corrected chi connectivity index (χ0v) is 13.5. The quantitative estimate of drug-likeness (QED) is 0.615. The summed E-state index contributed by atoms with van der Waals surface area (Å²) < 4.78 is 68.0. The molecule has 0 unspecified atom stereocenters. The highest BCUT2D eigenvalue weighted by atomic mass is 19.4. The minimum absolute atomic E-state index is 0.0922. The average molecular weight is 382 g/mol. The van der Waals surface area contributed by atoms with Crippen LogP contribution >= 0.6 is 0 Å². The molecule has 2 rings (SSSR count). The van der Waals surface area contributed by atoms with E-state index in [0.29, 0.717) is 0 Å². The van der Waals surface area contributed by atoms with Gasteiger partial charge in [-0.05, 0) is 36.4 Å². The lowest BCUT2D eigenvalue weighted by atomic mass is 10.1. The standard InChI is InChI=1S/C18H11F5N2O2/c19-14-2-1-3-15(20)13(14)5-7-17(26)25-12-4-6-16(11(8-12)9-24)27-10-18(21,22)23/h1-8H,10H2,(H,25,26)/b7-5+. The first-order valence-corrected chi connectivity index (χ1v) is 7.36. The third kappa shape index (κ3) is 5.81. The molecule has 0 radical (unpaired) electrons. The SMILES string of the molecule is N#Cc1cc(NC(=O)/C=C/c2c(F)cccc2F)ccc1OCC(F)(F)F. The van der Waals surface area contributed by atoms with Crippen LogP contribution in [-0.2, 0) is 4.79 Å². The van der Waals surface area contributed by atoms with Crippen molar-refractivity contribution in [2.75, 3.05) is 11.9 Å². The van der Waals surface area contributed by atoms with Gasteiger partial charge in [-0.2, -0.15) is 18.4 Å². The van der Waals surface area contributed by atoms with E-state index in [9.17, 15) is 26.7 Å². The van der Waals surface area contributed by atoms with Gasteiger partial charge in [0.05, 0.1) is 5.56 Å². The van der Waals surface area contributed by atoms with Gasteiger partial charge in [0, 0.05) is 17.3 Å². The number of nitriles is 1. The summed E-state index contributed by atoms with van der Waals surface area (Å²) in [6, 6.07) is 8.32. The Kier molecular flexibility index (Phi) is 6.13. The molecule has 2 aromatic rings. The number of alkyl halides is 3. The monoisotopic (exact) mass is 382 g/mol. The predicted molar refractivity (Wildman–Crippen MR) is 86.7 cm³/mol. The number of amides is 1. The lowest BCUT2D eigenvalue weighted by molar-refractivity contribution is -0.153. The Morgan fingerprint density at radius 1 is 1.19 bits per heavy atom. The number of carbonyl (C=O) groups excluding carboxylic acids is 1. The molecule has 9 heteroatoms. The smallest absolute Gasteiger partial charge is 0.422 e. The highest BCUT2D eigenvalue weighted by Gasteiger charge is 2.28. The molecule has 0 aliphatic heterocycles. The summed E-state index contributed by atoms with van der Waals surface area (Å²) in [7, 11) is 0. The number of hydrogen-bond donors (Lipinski definition) is 1. The lowest BCUT2D eigenvalue weighted by Crippen LogP contribution is -2.19. The zero-order valence-electron chi connectivity index (χ0n) is 13.5. The van der Waals surface area contributed by atoms with Crippen LogP contribution in [0.2, 0.25) is 0 Å². The van der Waals surface area contributed by atoms with Crippen LogP contribution in [0.25, 0.3) is 6.08 Å². The minimum atomic E-state index is -4.56. The first kappa shape index (κ1) is 19.9. The molecular weight excluding hydrogens is 371 g/mol. The molecule has 4 nitrogen and oxygen atoms in total. The molecule has 0 bridgehead atoms. The molecule has 0 fully saturated rings. The average Bonchev–Trinajstić information content (AvgIpc) is 2.59. The molecule has 0 spiro atoms. The number of nitrogens with zero attached hydrogens (tertiary/aromatic N) is 1. The van der Waals surface area contributed by atoms with E-state index in [-0.39, 0.29) is 17.0 Å². The summed E-state index contributed by atoms with van der Waals surface area (Å²) in [4.78, 5) is 11.8. The number of nitrogens with one attached hydrogen (secondary N) is 1. The van der Waals surface area contributed by atoms with Gasteiger partial charge in [-0.3, -0.25) is 4.79 Å². The maximum absolute atomic E-state index is 13.5. The van der Waals surface area contributed by atoms with Crippen molar-refractivity contribution < 1.29 is 31.5 Å². The second kappa shape index (κ2) is 8.31. The summed E-state index contributed by atoms with van der Waals surface area (Å²) in [6.07, 6.45) is -2.75. The molecule has 2 aromatic carbocycles. The molecule has 0 heterocycles. The van der Waals surface area contributed by atoms with E-state index in [0.717, 1.165) is 36.4 Å². The van der Waals surface area contributed by atoms with E-state index < -0.39 is 35.9 Å². The molecule has 1 amide bonds. The van der Waals surface area contributed by atoms with Gasteiger partial charge in [0.15, 0.2) is 6.61 Å². The Morgan fingerprint density at radius 2 is 1.85 bits per heavy atom. The molecular formula is C18H11F5N2O2. The topological polar surface area (TPSA) is 62.1 Å². The summed E-state index contributed by atoms with van der Waals surface area (Å²) in [5.74, 6) is -2.75. The number of anilines is 1. The number of ether oxygens (including phenoxy) is 1. The molecule has 27 heavy (non-hydrogen) atoms. The van der Waals surface area contributed by atoms with Crippen LogP contribution in [-0.4, -0.2) is 18.7 Å². The van der Waals surface area contributed by atoms with Gasteiger partial charge in [0.2, 0.25) is 5.91 Å². The Labute approximate surface area is 150 Å². The zero-order chi connectivity index (χ0) is 20.0. The van der Waals surface area contributed by atoms with Crippen LogP contribution in [0.5, 0.6) is 5.75 Å². The Balaban J connectivity index is 2.10. The molecule has 0 saturated carbocycles. The summed E-state index contributed by atoms with van der Waals surface area (Å²) >= 11 is 0. The van der Waals surface area contributed by atoms with Crippen molar-refractivity contribution in [1.82, 2.24) is 0 Å². The number of rotatable bonds is 5. The molecule has 0 saturated heterocycles. The number of benzene rings is 2. The van der Waals surface area contributed by atoms with Gasteiger partial charge in [-0.25, -0.2) is 8.78 Å². The maximum Gasteiger partial charge on any atom is 0.422 e. The Hall–Kier alpha value is -3.41. The molecule has 1 N–H and O–H groups in total. The highest BCUT2D eigenvalue weighted by molar-refractivity contribution is 6.02. The number of hydrogen-bond acceptors (Lipinski definition) is 3. The maximum atomic E-state index is 13.5.